The Morgan fingerprint density at radius 3 is 2.84 bits per heavy atom. The molecule has 0 saturated carbocycles. The maximum absolute atomic E-state index is 11.9. The molecule has 0 atom stereocenters. The van der Waals surface area contributed by atoms with E-state index in [1.165, 1.54) is 7.11 Å². The number of amides is 1. The summed E-state index contributed by atoms with van der Waals surface area (Å²) in [6, 6.07) is 5.33. The predicted octanol–water partition coefficient (Wildman–Crippen LogP) is 0.953. The summed E-state index contributed by atoms with van der Waals surface area (Å²) in [7, 11) is 3.21. The van der Waals surface area contributed by atoms with Gasteiger partial charge in [0.25, 0.3) is 0 Å². The first-order valence-electron chi connectivity index (χ1n) is 5.95. The van der Waals surface area contributed by atoms with Gasteiger partial charge in [0, 0.05) is 20.0 Å². The molecule has 6 nitrogen and oxygen atoms in total. The van der Waals surface area contributed by atoms with Gasteiger partial charge in [0.05, 0.1) is 12.8 Å². The van der Waals surface area contributed by atoms with E-state index in [2.05, 4.69) is 0 Å². The minimum atomic E-state index is -0.936. The standard InChI is InChI=1S/C13H16N2O4/c1-14-9-4-3-5-10(19-2)13(9)15(8-12(17)18)7-6-11(14)16/h3-5H,6-8H2,1-2H3,(H,17,18). The van der Waals surface area contributed by atoms with E-state index < -0.39 is 5.97 Å². The summed E-state index contributed by atoms with van der Waals surface area (Å²) < 4.78 is 5.29. The van der Waals surface area contributed by atoms with Gasteiger partial charge in [-0.2, -0.15) is 0 Å². The molecule has 19 heavy (non-hydrogen) atoms. The highest BCUT2D eigenvalue weighted by Gasteiger charge is 2.27. The monoisotopic (exact) mass is 264 g/mol. The number of aliphatic carboxylic acids is 1. The second-order valence-corrected chi connectivity index (χ2v) is 4.35. The second kappa shape index (κ2) is 5.17. The van der Waals surface area contributed by atoms with E-state index in [4.69, 9.17) is 9.84 Å². The lowest BCUT2D eigenvalue weighted by atomic mass is 10.2. The fraction of sp³-hybridized carbons (Fsp3) is 0.385. The Morgan fingerprint density at radius 2 is 2.21 bits per heavy atom. The van der Waals surface area contributed by atoms with E-state index in [9.17, 15) is 9.59 Å². The lowest BCUT2D eigenvalue weighted by molar-refractivity contribution is -0.135. The second-order valence-electron chi connectivity index (χ2n) is 4.35. The summed E-state index contributed by atoms with van der Waals surface area (Å²) in [6.45, 7) is 0.206. The van der Waals surface area contributed by atoms with Crippen molar-refractivity contribution in [3.8, 4) is 5.75 Å². The van der Waals surface area contributed by atoms with Crippen molar-refractivity contribution in [3.63, 3.8) is 0 Å². The molecule has 6 heteroatoms. The largest absolute Gasteiger partial charge is 0.495 e. The molecule has 1 N–H and O–H groups in total. The Hall–Kier alpha value is -2.24. The fourth-order valence-electron chi connectivity index (χ4n) is 2.23. The third-order valence-electron chi connectivity index (χ3n) is 3.17. The highest BCUT2D eigenvalue weighted by atomic mass is 16.5. The smallest absolute Gasteiger partial charge is 0.323 e. The summed E-state index contributed by atoms with van der Waals surface area (Å²) >= 11 is 0. The van der Waals surface area contributed by atoms with Crippen molar-refractivity contribution >= 4 is 23.3 Å². The molecular weight excluding hydrogens is 248 g/mol. The van der Waals surface area contributed by atoms with E-state index in [-0.39, 0.29) is 18.9 Å². The third-order valence-corrected chi connectivity index (χ3v) is 3.17. The van der Waals surface area contributed by atoms with Crippen molar-refractivity contribution < 1.29 is 19.4 Å². The molecule has 102 valence electrons. The number of para-hydroxylation sites is 1. The number of fused-ring (bicyclic) bond motifs is 1. The number of ether oxygens (including phenoxy) is 1. The molecule has 0 saturated heterocycles. The minimum absolute atomic E-state index is 0.0395. The maximum Gasteiger partial charge on any atom is 0.323 e. The van der Waals surface area contributed by atoms with Crippen LogP contribution in [0.15, 0.2) is 18.2 Å². The van der Waals surface area contributed by atoms with Gasteiger partial charge >= 0.3 is 5.97 Å². The number of carbonyl (C=O) groups excluding carboxylic acids is 1. The van der Waals surface area contributed by atoms with Gasteiger partial charge in [-0.3, -0.25) is 9.59 Å². The molecule has 0 bridgehead atoms. The third kappa shape index (κ3) is 2.47. The van der Waals surface area contributed by atoms with Gasteiger partial charge in [-0.25, -0.2) is 0 Å². The number of carboxylic acids is 1. The molecule has 0 fully saturated rings. The zero-order valence-electron chi connectivity index (χ0n) is 10.9. The zero-order valence-corrected chi connectivity index (χ0v) is 10.9. The first-order valence-corrected chi connectivity index (χ1v) is 5.95. The molecule has 0 spiro atoms. The van der Waals surface area contributed by atoms with Crippen molar-refractivity contribution in [3.05, 3.63) is 18.2 Å². The van der Waals surface area contributed by atoms with Crippen molar-refractivity contribution in [2.75, 3.05) is 37.0 Å². The highest BCUT2D eigenvalue weighted by Crippen LogP contribution is 2.39. The molecule has 1 heterocycles. The SMILES string of the molecule is COc1cccc2c1N(CC(=O)O)CCC(=O)N2C. The van der Waals surface area contributed by atoms with Crippen molar-refractivity contribution in [2.45, 2.75) is 6.42 Å². The average Bonchev–Trinajstić information content (AvgIpc) is 2.50. The molecule has 1 aliphatic heterocycles. The van der Waals surface area contributed by atoms with Crippen molar-refractivity contribution in [2.24, 2.45) is 0 Å². The van der Waals surface area contributed by atoms with Gasteiger partial charge in [-0.1, -0.05) is 6.07 Å². The number of hydrogen-bond donors (Lipinski definition) is 1. The van der Waals surface area contributed by atoms with Crippen LogP contribution in [-0.4, -0.2) is 44.2 Å². The molecule has 0 aromatic heterocycles. The molecule has 1 aromatic rings. The Labute approximate surface area is 111 Å². The first kappa shape index (κ1) is 13.2. The highest BCUT2D eigenvalue weighted by molar-refractivity contribution is 6.00. The number of carbonyl (C=O) groups is 2. The van der Waals surface area contributed by atoms with Crippen molar-refractivity contribution in [1.29, 1.82) is 0 Å². The number of nitrogens with zero attached hydrogens (tertiary/aromatic N) is 2. The van der Waals surface area contributed by atoms with Crippen LogP contribution in [-0.2, 0) is 9.59 Å². The van der Waals surface area contributed by atoms with Crippen LogP contribution in [0.5, 0.6) is 5.75 Å². The Balaban J connectivity index is 2.54. The molecule has 2 rings (SSSR count). The Bertz CT molecular complexity index is 515. The molecule has 0 unspecified atom stereocenters. The lowest BCUT2D eigenvalue weighted by Gasteiger charge is -2.25. The van der Waals surface area contributed by atoms with E-state index in [1.807, 2.05) is 0 Å². The summed E-state index contributed by atoms with van der Waals surface area (Å²) in [4.78, 5) is 26.1. The summed E-state index contributed by atoms with van der Waals surface area (Å²) in [5, 5.41) is 9.00. The van der Waals surface area contributed by atoms with Crippen LogP contribution in [0.1, 0.15) is 6.42 Å². The van der Waals surface area contributed by atoms with Crippen LogP contribution in [0.3, 0.4) is 0 Å². The van der Waals surface area contributed by atoms with Gasteiger partial charge < -0.3 is 19.6 Å². The molecule has 0 radical (unpaired) electrons. The van der Waals surface area contributed by atoms with Gasteiger partial charge in [0.2, 0.25) is 5.91 Å². The summed E-state index contributed by atoms with van der Waals surface area (Å²) in [6.07, 6.45) is 0.279. The number of rotatable bonds is 3. The van der Waals surface area contributed by atoms with E-state index in [1.54, 1.807) is 35.0 Å². The molecule has 1 aliphatic rings. The fourth-order valence-corrected chi connectivity index (χ4v) is 2.23. The van der Waals surface area contributed by atoms with Crippen molar-refractivity contribution in [1.82, 2.24) is 0 Å². The number of carboxylic acid groups (broad SMARTS) is 1. The van der Waals surface area contributed by atoms with Crippen LogP contribution < -0.4 is 14.5 Å². The number of hydrogen-bond acceptors (Lipinski definition) is 4. The lowest BCUT2D eigenvalue weighted by Crippen LogP contribution is -2.31. The molecule has 1 amide bonds. The van der Waals surface area contributed by atoms with E-state index >= 15 is 0 Å². The topological polar surface area (TPSA) is 70.1 Å². The zero-order chi connectivity index (χ0) is 14.0. The maximum atomic E-state index is 11.9. The number of benzene rings is 1. The van der Waals surface area contributed by atoms with Crippen LogP contribution in [0.25, 0.3) is 0 Å². The Morgan fingerprint density at radius 1 is 1.47 bits per heavy atom. The minimum Gasteiger partial charge on any atom is -0.495 e. The van der Waals surface area contributed by atoms with Gasteiger partial charge in [-0.15, -0.1) is 0 Å². The summed E-state index contributed by atoms with van der Waals surface area (Å²) in [5.41, 5.74) is 1.32. The van der Waals surface area contributed by atoms with Crippen LogP contribution in [0.4, 0.5) is 11.4 Å². The quantitative estimate of drug-likeness (QED) is 0.880. The molecule has 0 aliphatic carbocycles. The van der Waals surface area contributed by atoms with Crippen LogP contribution in [0.2, 0.25) is 0 Å². The van der Waals surface area contributed by atoms with Crippen LogP contribution in [0, 0.1) is 0 Å². The summed E-state index contributed by atoms with van der Waals surface area (Å²) in [5.74, 6) is -0.406. The van der Waals surface area contributed by atoms with E-state index in [0.29, 0.717) is 23.7 Å². The average molecular weight is 264 g/mol. The molecule has 1 aromatic carbocycles. The normalized spacial score (nSPS) is 14.9. The van der Waals surface area contributed by atoms with Gasteiger partial charge in [0.15, 0.2) is 0 Å². The first-order chi connectivity index (χ1) is 9.04. The van der Waals surface area contributed by atoms with Gasteiger partial charge in [-0.05, 0) is 12.1 Å². The number of anilines is 2. The van der Waals surface area contributed by atoms with Crippen LogP contribution >= 0.6 is 0 Å². The van der Waals surface area contributed by atoms with Gasteiger partial charge in [0.1, 0.15) is 18.0 Å². The predicted molar refractivity (Wildman–Crippen MR) is 70.9 cm³/mol. The Kier molecular flexibility index (Phi) is 3.59. The molecular formula is C13H16N2O4. The van der Waals surface area contributed by atoms with E-state index in [0.717, 1.165) is 0 Å². The number of methoxy groups -OCH3 is 1.